The smallest absolute Gasteiger partial charge is 0.269 e. The van der Waals surface area contributed by atoms with Crippen molar-refractivity contribution in [3.8, 4) is 5.75 Å². The van der Waals surface area contributed by atoms with Gasteiger partial charge in [0.25, 0.3) is 5.69 Å². The summed E-state index contributed by atoms with van der Waals surface area (Å²) in [6.07, 6.45) is 1.45. The monoisotopic (exact) mass is 283 g/mol. The van der Waals surface area contributed by atoms with Crippen LogP contribution < -0.4 is 0 Å². The van der Waals surface area contributed by atoms with Crippen molar-refractivity contribution in [2.24, 2.45) is 10.2 Å². The maximum atomic E-state index is 10.6. The summed E-state index contributed by atoms with van der Waals surface area (Å²) in [5, 5.41) is 28.1. The second-order valence-electron chi connectivity index (χ2n) is 4.29. The Morgan fingerprint density at radius 3 is 2.48 bits per heavy atom. The van der Waals surface area contributed by atoms with Gasteiger partial charge in [-0.1, -0.05) is 12.1 Å². The number of non-ortho nitro benzene ring substituents is 1. The zero-order valence-electron chi connectivity index (χ0n) is 11.3. The number of nitro benzene ring substituents is 1. The highest BCUT2D eigenvalue weighted by Gasteiger charge is 2.05. The van der Waals surface area contributed by atoms with Gasteiger partial charge in [-0.2, -0.15) is 10.2 Å². The molecule has 0 unspecified atom stereocenters. The molecule has 2 aromatic rings. The van der Waals surface area contributed by atoms with Crippen molar-refractivity contribution >= 4 is 17.6 Å². The van der Waals surface area contributed by atoms with Crippen LogP contribution in [0.25, 0.3) is 0 Å². The van der Waals surface area contributed by atoms with Gasteiger partial charge in [0.05, 0.1) is 16.8 Å². The second-order valence-corrected chi connectivity index (χ2v) is 4.29. The molecule has 21 heavy (non-hydrogen) atoms. The third kappa shape index (κ3) is 3.73. The van der Waals surface area contributed by atoms with Crippen molar-refractivity contribution < 1.29 is 10.0 Å². The van der Waals surface area contributed by atoms with Crippen LogP contribution >= 0.6 is 0 Å². The number of benzene rings is 2. The van der Waals surface area contributed by atoms with Gasteiger partial charge in [-0.05, 0) is 36.8 Å². The molecule has 0 spiro atoms. The Balaban J connectivity index is 2.14. The van der Waals surface area contributed by atoms with E-state index in [1.807, 2.05) is 0 Å². The van der Waals surface area contributed by atoms with Crippen molar-refractivity contribution in [1.82, 2.24) is 0 Å². The molecule has 0 aliphatic carbocycles. The first-order valence-corrected chi connectivity index (χ1v) is 6.18. The van der Waals surface area contributed by atoms with Gasteiger partial charge in [0.2, 0.25) is 0 Å². The lowest BCUT2D eigenvalue weighted by atomic mass is 10.1. The first-order valence-electron chi connectivity index (χ1n) is 6.18. The van der Waals surface area contributed by atoms with Crippen molar-refractivity contribution in [1.29, 1.82) is 0 Å². The molecule has 6 nitrogen and oxygen atoms in total. The van der Waals surface area contributed by atoms with Crippen LogP contribution in [0.4, 0.5) is 5.69 Å². The lowest BCUT2D eigenvalue weighted by molar-refractivity contribution is -0.384. The summed E-state index contributed by atoms with van der Waals surface area (Å²) in [5.74, 6) is 0.129. The number of para-hydroxylation sites is 1. The summed E-state index contributed by atoms with van der Waals surface area (Å²) in [4.78, 5) is 10.1. The van der Waals surface area contributed by atoms with E-state index in [1.165, 1.54) is 18.3 Å². The molecule has 0 aromatic heterocycles. The van der Waals surface area contributed by atoms with E-state index in [1.54, 1.807) is 43.3 Å². The lowest BCUT2D eigenvalue weighted by Crippen LogP contribution is -1.95. The lowest BCUT2D eigenvalue weighted by Gasteiger charge is -1.98. The summed E-state index contributed by atoms with van der Waals surface area (Å²) < 4.78 is 0. The Hall–Kier alpha value is -3.02. The number of rotatable bonds is 4. The van der Waals surface area contributed by atoms with E-state index < -0.39 is 4.92 Å². The van der Waals surface area contributed by atoms with Gasteiger partial charge < -0.3 is 5.11 Å². The predicted octanol–water partition coefficient (Wildman–Crippen LogP) is 3.14. The molecule has 0 radical (unpaired) electrons. The molecule has 0 amide bonds. The Morgan fingerprint density at radius 2 is 1.86 bits per heavy atom. The summed E-state index contributed by atoms with van der Waals surface area (Å²) >= 11 is 0. The largest absolute Gasteiger partial charge is 0.507 e. The number of aromatic hydroxyl groups is 1. The molecular weight excluding hydrogens is 270 g/mol. The van der Waals surface area contributed by atoms with Crippen LogP contribution in [0.5, 0.6) is 5.75 Å². The average molecular weight is 283 g/mol. The molecule has 0 saturated carbocycles. The molecule has 2 rings (SSSR count). The molecule has 6 heteroatoms. The quantitative estimate of drug-likeness (QED) is 0.531. The van der Waals surface area contributed by atoms with Crippen molar-refractivity contribution in [2.45, 2.75) is 6.92 Å². The van der Waals surface area contributed by atoms with E-state index in [0.29, 0.717) is 11.3 Å². The molecule has 0 aliphatic rings. The Labute approximate surface area is 121 Å². The topological polar surface area (TPSA) is 88.1 Å². The van der Waals surface area contributed by atoms with Gasteiger partial charge in [0, 0.05) is 17.7 Å². The van der Waals surface area contributed by atoms with Crippen molar-refractivity contribution in [3.63, 3.8) is 0 Å². The average Bonchev–Trinajstić information content (AvgIpc) is 2.49. The fourth-order valence-electron chi connectivity index (χ4n) is 1.66. The summed E-state index contributed by atoms with van der Waals surface area (Å²) in [6, 6.07) is 12.9. The van der Waals surface area contributed by atoms with E-state index in [-0.39, 0.29) is 11.4 Å². The van der Waals surface area contributed by atoms with Crippen LogP contribution in [-0.4, -0.2) is 22.0 Å². The number of hydrogen-bond donors (Lipinski definition) is 1. The molecule has 1 N–H and O–H groups in total. The molecule has 0 heterocycles. The van der Waals surface area contributed by atoms with Crippen LogP contribution in [0.15, 0.2) is 58.7 Å². The fourth-order valence-corrected chi connectivity index (χ4v) is 1.66. The third-order valence-corrected chi connectivity index (χ3v) is 2.84. The van der Waals surface area contributed by atoms with Crippen LogP contribution in [-0.2, 0) is 0 Å². The fraction of sp³-hybridized carbons (Fsp3) is 0.0667. The van der Waals surface area contributed by atoms with E-state index >= 15 is 0 Å². The molecule has 106 valence electrons. The van der Waals surface area contributed by atoms with E-state index in [0.717, 1.165) is 5.56 Å². The maximum Gasteiger partial charge on any atom is 0.269 e. The summed E-state index contributed by atoms with van der Waals surface area (Å²) in [5.41, 5.74) is 1.97. The van der Waals surface area contributed by atoms with Gasteiger partial charge in [0.1, 0.15) is 5.75 Å². The highest BCUT2D eigenvalue weighted by Crippen LogP contribution is 2.14. The van der Waals surface area contributed by atoms with E-state index in [4.69, 9.17) is 0 Å². The van der Waals surface area contributed by atoms with Crippen molar-refractivity contribution in [2.75, 3.05) is 0 Å². The van der Waals surface area contributed by atoms with Gasteiger partial charge in [-0.25, -0.2) is 0 Å². The number of phenols is 1. The van der Waals surface area contributed by atoms with E-state index in [9.17, 15) is 15.2 Å². The van der Waals surface area contributed by atoms with Gasteiger partial charge in [-0.15, -0.1) is 0 Å². The summed E-state index contributed by atoms with van der Waals surface area (Å²) in [7, 11) is 0. The second kappa shape index (κ2) is 6.42. The standard InChI is InChI=1S/C15H13N3O3/c1-11(12-6-8-14(9-7-12)18(20)21)17-16-10-13-4-2-3-5-15(13)19/h2-10,19H,1H3/b16-10-,17-11-. The van der Waals surface area contributed by atoms with E-state index in [2.05, 4.69) is 10.2 Å². The predicted molar refractivity (Wildman–Crippen MR) is 81.0 cm³/mol. The molecule has 0 saturated heterocycles. The van der Waals surface area contributed by atoms with Crippen molar-refractivity contribution in [3.05, 3.63) is 69.8 Å². The minimum atomic E-state index is -0.452. The Kier molecular flexibility index (Phi) is 4.40. The normalized spacial score (nSPS) is 11.8. The third-order valence-electron chi connectivity index (χ3n) is 2.84. The SMILES string of the molecule is C/C(=N/N=C\c1ccccc1O)c1ccc([N+](=O)[O-])cc1. The van der Waals surface area contributed by atoms with Crippen LogP contribution in [0.2, 0.25) is 0 Å². The number of phenolic OH excluding ortho intramolecular Hbond substituents is 1. The van der Waals surface area contributed by atoms with Gasteiger partial charge >= 0.3 is 0 Å². The van der Waals surface area contributed by atoms with Crippen LogP contribution in [0.3, 0.4) is 0 Å². The molecule has 2 aromatic carbocycles. The Morgan fingerprint density at radius 1 is 1.19 bits per heavy atom. The number of nitro groups is 1. The molecule has 0 atom stereocenters. The highest BCUT2D eigenvalue weighted by atomic mass is 16.6. The van der Waals surface area contributed by atoms with Gasteiger partial charge in [0.15, 0.2) is 0 Å². The number of hydrogen-bond acceptors (Lipinski definition) is 5. The van der Waals surface area contributed by atoms with Gasteiger partial charge in [-0.3, -0.25) is 10.1 Å². The summed E-state index contributed by atoms with van der Waals surface area (Å²) in [6.45, 7) is 1.75. The molecule has 0 fully saturated rings. The van der Waals surface area contributed by atoms with Crippen LogP contribution in [0, 0.1) is 10.1 Å². The van der Waals surface area contributed by atoms with Crippen LogP contribution in [0.1, 0.15) is 18.1 Å². The highest BCUT2D eigenvalue weighted by molar-refractivity contribution is 5.99. The zero-order chi connectivity index (χ0) is 15.2. The first kappa shape index (κ1) is 14.4. The maximum absolute atomic E-state index is 10.6. The minimum Gasteiger partial charge on any atom is -0.507 e. The zero-order valence-corrected chi connectivity index (χ0v) is 11.3. The molecule has 0 bridgehead atoms. The molecular formula is C15H13N3O3. The minimum absolute atomic E-state index is 0.0317. The Bertz CT molecular complexity index is 706. The first-order chi connectivity index (χ1) is 10.1. The number of nitrogens with zero attached hydrogens (tertiary/aromatic N) is 3. The molecule has 0 aliphatic heterocycles.